The van der Waals surface area contributed by atoms with Crippen molar-refractivity contribution in [3.05, 3.63) is 12.2 Å². The highest BCUT2D eigenvalue weighted by molar-refractivity contribution is 5.88. The third kappa shape index (κ3) is 3.88. The molecule has 0 aromatic heterocycles. The van der Waals surface area contributed by atoms with Gasteiger partial charge in [0, 0.05) is 24.7 Å². The Labute approximate surface area is 130 Å². The van der Waals surface area contributed by atoms with Crippen LogP contribution in [0.25, 0.3) is 0 Å². The zero-order valence-electron chi connectivity index (χ0n) is 14.3. The average Bonchev–Trinajstić information content (AvgIpc) is 2.81. The van der Waals surface area contributed by atoms with Crippen molar-refractivity contribution in [3.8, 4) is 0 Å². The summed E-state index contributed by atoms with van der Waals surface area (Å²) in [7, 11) is 4.06. The van der Waals surface area contributed by atoms with Crippen molar-refractivity contribution in [3.63, 3.8) is 0 Å². The molecule has 0 radical (unpaired) electrons. The molecule has 0 aromatic carbocycles. The minimum absolute atomic E-state index is 0.173. The summed E-state index contributed by atoms with van der Waals surface area (Å²) in [6.07, 6.45) is 11.2. The molecule has 0 N–H and O–H groups in total. The number of likely N-dealkylation sites (N-methyl/N-ethyl adjacent to an activating group) is 1. The molecule has 2 unspecified atom stereocenters. The van der Waals surface area contributed by atoms with Crippen molar-refractivity contribution in [1.82, 2.24) is 9.80 Å². The minimum atomic E-state index is 0.173. The van der Waals surface area contributed by atoms with Crippen molar-refractivity contribution in [2.24, 2.45) is 11.8 Å². The van der Waals surface area contributed by atoms with Gasteiger partial charge in [0.2, 0.25) is 5.91 Å². The van der Waals surface area contributed by atoms with Gasteiger partial charge in [-0.25, -0.2) is 0 Å². The molecule has 3 heteroatoms. The summed E-state index contributed by atoms with van der Waals surface area (Å²) in [5, 5.41) is 0. The van der Waals surface area contributed by atoms with E-state index in [1.807, 2.05) is 20.2 Å². The molecule has 1 aliphatic carbocycles. The van der Waals surface area contributed by atoms with E-state index >= 15 is 0 Å². The van der Waals surface area contributed by atoms with E-state index in [-0.39, 0.29) is 11.4 Å². The fourth-order valence-corrected chi connectivity index (χ4v) is 4.16. The van der Waals surface area contributed by atoms with Gasteiger partial charge in [-0.15, -0.1) is 0 Å². The Hall–Kier alpha value is -0.830. The molecule has 2 fully saturated rings. The molecule has 21 heavy (non-hydrogen) atoms. The van der Waals surface area contributed by atoms with E-state index in [0.717, 1.165) is 24.9 Å². The lowest BCUT2D eigenvalue weighted by Gasteiger charge is -2.45. The van der Waals surface area contributed by atoms with Crippen molar-refractivity contribution < 1.29 is 4.79 Å². The van der Waals surface area contributed by atoms with Gasteiger partial charge in [-0.1, -0.05) is 32.8 Å². The Morgan fingerprint density at radius 1 is 1.33 bits per heavy atom. The Bertz CT molecular complexity index is 389. The number of likely N-dealkylation sites (tertiary alicyclic amines) is 1. The van der Waals surface area contributed by atoms with Crippen LogP contribution in [-0.2, 0) is 4.79 Å². The van der Waals surface area contributed by atoms with E-state index in [2.05, 4.69) is 23.6 Å². The van der Waals surface area contributed by atoms with Crippen molar-refractivity contribution in [2.75, 3.05) is 27.2 Å². The molecule has 2 rings (SSSR count). The number of amides is 1. The van der Waals surface area contributed by atoms with E-state index in [1.165, 1.54) is 38.5 Å². The van der Waals surface area contributed by atoms with Gasteiger partial charge in [0.25, 0.3) is 0 Å². The molecule has 1 aliphatic heterocycles. The van der Waals surface area contributed by atoms with E-state index in [4.69, 9.17) is 0 Å². The Morgan fingerprint density at radius 2 is 2.05 bits per heavy atom. The molecule has 2 atom stereocenters. The van der Waals surface area contributed by atoms with Gasteiger partial charge in [-0.3, -0.25) is 4.79 Å². The summed E-state index contributed by atoms with van der Waals surface area (Å²) in [6.45, 7) is 6.46. The molecule has 120 valence electrons. The highest BCUT2D eigenvalue weighted by atomic mass is 16.2. The molecular formula is C18H32N2O. The molecule has 0 aromatic rings. The van der Waals surface area contributed by atoms with Crippen LogP contribution in [0, 0.1) is 11.8 Å². The smallest absolute Gasteiger partial charge is 0.246 e. The molecular weight excluding hydrogens is 260 g/mol. The third-order valence-electron chi connectivity index (χ3n) is 5.40. The van der Waals surface area contributed by atoms with Gasteiger partial charge in [-0.2, -0.15) is 0 Å². The first kappa shape index (κ1) is 16.5. The van der Waals surface area contributed by atoms with Crippen LogP contribution in [0.4, 0.5) is 0 Å². The first-order valence-electron chi connectivity index (χ1n) is 8.57. The van der Waals surface area contributed by atoms with E-state index in [0.29, 0.717) is 0 Å². The van der Waals surface area contributed by atoms with Crippen molar-refractivity contribution >= 4 is 5.91 Å². The number of carbonyl (C=O) groups is 1. The second kappa shape index (κ2) is 6.95. The summed E-state index contributed by atoms with van der Waals surface area (Å²) in [6, 6.07) is 0. The third-order valence-corrected chi connectivity index (χ3v) is 5.40. The Balaban J connectivity index is 2.05. The minimum Gasteiger partial charge on any atom is -0.333 e. The molecule has 3 nitrogen and oxygen atoms in total. The second-order valence-electron chi connectivity index (χ2n) is 7.58. The summed E-state index contributed by atoms with van der Waals surface area (Å²) in [5.74, 6) is 1.76. The van der Waals surface area contributed by atoms with E-state index in [9.17, 15) is 4.79 Å². The maximum Gasteiger partial charge on any atom is 0.246 e. The second-order valence-corrected chi connectivity index (χ2v) is 7.58. The maximum absolute atomic E-state index is 12.6. The zero-order chi connectivity index (χ0) is 15.5. The Morgan fingerprint density at radius 3 is 2.71 bits per heavy atom. The predicted octanol–water partition coefficient (Wildman–Crippen LogP) is 3.31. The fraction of sp³-hybridized carbons (Fsp3) is 0.833. The molecule has 2 aliphatic rings. The SMILES string of the molecule is CC(C)C1CCCC2(CCCN2C(=O)/C=C/CN(C)C)C1. The lowest BCUT2D eigenvalue weighted by Crippen LogP contribution is -2.50. The molecule has 1 heterocycles. The van der Waals surface area contributed by atoms with Crippen LogP contribution in [0.1, 0.15) is 52.4 Å². The molecule has 1 saturated carbocycles. The van der Waals surface area contributed by atoms with Crippen LogP contribution >= 0.6 is 0 Å². The molecule has 0 bridgehead atoms. The summed E-state index contributed by atoms with van der Waals surface area (Å²) in [4.78, 5) is 16.9. The first-order chi connectivity index (χ1) is 9.94. The van der Waals surface area contributed by atoms with Gasteiger partial charge < -0.3 is 9.80 Å². The summed E-state index contributed by atoms with van der Waals surface area (Å²) >= 11 is 0. The largest absolute Gasteiger partial charge is 0.333 e. The van der Waals surface area contributed by atoms with Crippen LogP contribution in [0.15, 0.2) is 12.2 Å². The van der Waals surface area contributed by atoms with Gasteiger partial charge in [0.1, 0.15) is 0 Å². The number of hydrogen-bond donors (Lipinski definition) is 0. The van der Waals surface area contributed by atoms with Crippen molar-refractivity contribution in [1.29, 1.82) is 0 Å². The van der Waals surface area contributed by atoms with Gasteiger partial charge in [0.15, 0.2) is 0 Å². The first-order valence-corrected chi connectivity index (χ1v) is 8.57. The average molecular weight is 292 g/mol. The quantitative estimate of drug-likeness (QED) is 0.742. The van der Waals surface area contributed by atoms with Crippen LogP contribution in [-0.4, -0.2) is 48.4 Å². The molecule has 1 spiro atoms. The monoisotopic (exact) mass is 292 g/mol. The number of hydrogen-bond acceptors (Lipinski definition) is 2. The van der Waals surface area contributed by atoms with Crippen LogP contribution in [0.2, 0.25) is 0 Å². The van der Waals surface area contributed by atoms with Gasteiger partial charge in [-0.05, 0) is 51.6 Å². The van der Waals surface area contributed by atoms with Crippen LogP contribution in [0.5, 0.6) is 0 Å². The standard InChI is InChI=1S/C18H32N2O/c1-15(2)16-8-5-10-18(14-16)11-7-13-20(18)17(21)9-6-12-19(3)4/h6,9,15-16H,5,7-8,10-14H2,1-4H3/b9-6+. The zero-order valence-corrected chi connectivity index (χ0v) is 14.3. The topological polar surface area (TPSA) is 23.6 Å². The molecule has 1 saturated heterocycles. The van der Waals surface area contributed by atoms with Gasteiger partial charge in [0.05, 0.1) is 0 Å². The Kier molecular flexibility index (Phi) is 5.48. The molecule has 1 amide bonds. The maximum atomic E-state index is 12.6. The normalized spacial score (nSPS) is 30.2. The lowest BCUT2D eigenvalue weighted by atomic mass is 9.70. The van der Waals surface area contributed by atoms with E-state index < -0.39 is 0 Å². The number of nitrogens with zero attached hydrogens (tertiary/aromatic N) is 2. The lowest BCUT2D eigenvalue weighted by molar-refractivity contribution is -0.132. The van der Waals surface area contributed by atoms with Crippen molar-refractivity contribution in [2.45, 2.75) is 57.9 Å². The number of rotatable bonds is 4. The number of carbonyl (C=O) groups excluding carboxylic acids is 1. The van der Waals surface area contributed by atoms with E-state index in [1.54, 1.807) is 6.08 Å². The summed E-state index contributed by atoms with van der Waals surface area (Å²) < 4.78 is 0. The predicted molar refractivity (Wildman–Crippen MR) is 88.2 cm³/mol. The highest BCUT2D eigenvalue weighted by Gasteiger charge is 2.46. The van der Waals surface area contributed by atoms with Crippen LogP contribution in [0.3, 0.4) is 0 Å². The van der Waals surface area contributed by atoms with Crippen LogP contribution < -0.4 is 0 Å². The fourth-order valence-electron chi connectivity index (χ4n) is 4.16. The highest BCUT2D eigenvalue weighted by Crippen LogP contribution is 2.45. The summed E-state index contributed by atoms with van der Waals surface area (Å²) in [5.41, 5.74) is 0.173. The van der Waals surface area contributed by atoms with Gasteiger partial charge >= 0.3 is 0 Å².